The number of carbonyl (C=O) groups excluding carboxylic acids is 3. The first-order chi connectivity index (χ1) is 17.9. The quantitative estimate of drug-likeness (QED) is 0.304. The molecule has 220 valence electrons. The molecule has 0 aromatic carbocycles. The van der Waals surface area contributed by atoms with Gasteiger partial charge in [-0.2, -0.15) is 0 Å². The molecule has 0 aromatic heterocycles. The van der Waals surface area contributed by atoms with Gasteiger partial charge >= 0.3 is 12.1 Å². The Balaban J connectivity index is 1.79. The van der Waals surface area contributed by atoms with Crippen molar-refractivity contribution in [2.75, 3.05) is 13.7 Å². The zero-order chi connectivity index (χ0) is 29.5. The molecule has 1 aliphatic heterocycles. The summed E-state index contributed by atoms with van der Waals surface area (Å²) in [6, 6.07) is -0.591. The highest BCUT2D eigenvalue weighted by atomic mass is 16.6. The third kappa shape index (κ3) is 4.00. The van der Waals surface area contributed by atoms with E-state index in [1.807, 2.05) is 13.8 Å². The van der Waals surface area contributed by atoms with E-state index in [2.05, 4.69) is 10.1 Å². The number of rotatable bonds is 4. The maximum Gasteiger partial charge on any atom is 0.407 e. The summed E-state index contributed by atoms with van der Waals surface area (Å²) in [5.41, 5.74) is -4.18. The van der Waals surface area contributed by atoms with E-state index in [1.165, 1.54) is 7.11 Å². The molecule has 10 nitrogen and oxygen atoms in total. The minimum atomic E-state index is -1.55. The molecule has 2 bridgehead atoms. The van der Waals surface area contributed by atoms with Gasteiger partial charge in [-0.25, -0.2) is 4.79 Å². The van der Waals surface area contributed by atoms with Crippen molar-refractivity contribution in [3.05, 3.63) is 11.1 Å². The van der Waals surface area contributed by atoms with Gasteiger partial charge in [0.25, 0.3) is 0 Å². The monoisotopic (exact) mass is 551 g/mol. The largest absolute Gasteiger partial charge is 0.457 e. The number of methoxy groups -OCH3 is 1. The van der Waals surface area contributed by atoms with Gasteiger partial charge in [0, 0.05) is 29.2 Å². The molecule has 1 saturated heterocycles. The lowest BCUT2D eigenvalue weighted by atomic mass is 9.41. The van der Waals surface area contributed by atoms with Crippen LogP contribution < -0.4 is 5.32 Å². The summed E-state index contributed by atoms with van der Waals surface area (Å²) in [5, 5.41) is 38.8. The van der Waals surface area contributed by atoms with Gasteiger partial charge in [-0.1, -0.05) is 34.6 Å². The molecule has 4 rings (SSSR count). The molecule has 3 fully saturated rings. The average Bonchev–Trinajstić information content (AvgIpc) is 2.86. The van der Waals surface area contributed by atoms with Gasteiger partial charge in [0.1, 0.15) is 17.8 Å². The summed E-state index contributed by atoms with van der Waals surface area (Å²) in [4.78, 5) is 39.1. The number of alkyl carbamates (subject to hydrolysis) is 1. The third-order valence-electron chi connectivity index (χ3n) is 11.2. The number of Topliss-reactive ketones (excluding diaryl/α,β-unsaturated/α-hetero) is 1. The second kappa shape index (κ2) is 9.53. The molecule has 11 atom stereocenters. The first-order valence-corrected chi connectivity index (χ1v) is 13.9. The zero-order valence-electron chi connectivity index (χ0n) is 24.5. The van der Waals surface area contributed by atoms with Gasteiger partial charge in [0.2, 0.25) is 0 Å². The average molecular weight is 552 g/mol. The molecule has 10 unspecified atom stereocenters. The van der Waals surface area contributed by atoms with Crippen LogP contribution in [0.1, 0.15) is 68.2 Å². The van der Waals surface area contributed by atoms with E-state index < -0.39 is 82.0 Å². The van der Waals surface area contributed by atoms with Crippen LogP contribution >= 0.6 is 0 Å². The van der Waals surface area contributed by atoms with Crippen molar-refractivity contribution >= 4 is 17.8 Å². The number of nitrogens with one attached hydrogen (secondary N) is 1. The summed E-state index contributed by atoms with van der Waals surface area (Å²) >= 11 is 0. The van der Waals surface area contributed by atoms with Crippen LogP contribution in [0.3, 0.4) is 0 Å². The Hall–Kier alpha value is -2.01. The van der Waals surface area contributed by atoms with Crippen LogP contribution in [0.25, 0.3) is 0 Å². The lowest BCUT2D eigenvalue weighted by Gasteiger charge is -2.68. The van der Waals surface area contributed by atoms with Crippen molar-refractivity contribution in [3.63, 3.8) is 0 Å². The van der Waals surface area contributed by atoms with Crippen molar-refractivity contribution in [1.82, 2.24) is 5.32 Å². The Bertz CT molecular complexity index is 1090. The first kappa shape index (κ1) is 30.0. The zero-order valence-corrected chi connectivity index (χ0v) is 24.5. The van der Waals surface area contributed by atoms with E-state index in [1.54, 1.807) is 41.5 Å². The van der Waals surface area contributed by atoms with Crippen LogP contribution in [-0.4, -0.2) is 82.4 Å². The van der Waals surface area contributed by atoms with Crippen LogP contribution in [-0.2, 0) is 23.8 Å². The summed E-state index contributed by atoms with van der Waals surface area (Å²) in [6.45, 7) is 14.3. The number of ether oxygens (including phenoxy) is 3. The number of fused-ring (bicyclic) bond motifs is 5. The minimum absolute atomic E-state index is 0.0250. The second-order valence-electron chi connectivity index (χ2n) is 13.2. The van der Waals surface area contributed by atoms with Crippen molar-refractivity contribution in [2.45, 2.75) is 104 Å². The van der Waals surface area contributed by atoms with E-state index in [0.29, 0.717) is 17.6 Å². The smallest absolute Gasteiger partial charge is 0.407 e. The molecule has 0 aromatic rings. The first-order valence-electron chi connectivity index (χ1n) is 13.9. The molecule has 2 saturated carbocycles. The van der Waals surface area contributed by atoms with Crippen LogP contribution in [0, 0.1) is 34.5 Å². The Morgan fingerprint density at radius 3 is 2.31 bits per heavy atom. The highest BCUT2D eigenvalue weighted by Crippen LogP contribution is 2.65. The third-order valence-corrected chi connectivity index (χ3v) is 11.2. The number of amides is 1. The number of hydrogen-bond donors (Lipinski definition) is 4. The van der Waals surface area contributed by atoms with Gasteiger partial charge in [-0.3, -0.25) is 9.59 Å². The molecule has 10 heteroatoms. The number of ketones is 1. The van der Waals surface area contributed by atoms with Crippen molar-refractivity contribution in [3.8, 4) is 0 Å². The predicted octanol–water partition coefficient (Wildman–Crippen LogP) is 2.13. The molecule has 0 radical (unpaired) electrons. The molecule has 1 amide bonds. The van der Waals surface area contributed by atoms with Gasteiger partial charge in [-0.15, -0.1) is 0 Å². The Kier molecular flexibility index (Phi) is 7.32. The Labute approximate surface area is 230 Å². The van der Waals surface area contributed by atoms with E-state index in [0.717, 1.165) is 0 Å². The molecule has 4 N–H and O–H groups in total. The number of carbonyl (C=O) groups is 3. The van der Waals surface area contributed by atoms with Crippen LogP contribution in [0.2, 0.25) is 0 Å². The maximum absolute atomic E-state index is 14.2. The summed E-state index contributed by atoms with van der Waals surface area (Å²) in [7, 11) is 1.23. The van der Waals surface area contributed by atoms with Crippen LogP contribution in [0.5, 0.6) is 0 Å². The molecular formula is C29H45NO9. The standard InChI is InChI=1S/C29H45NO9/c1-13-10-19-28(35,12-38-19)22-16(4)29(36)11-18(39-24(33)14(2)17(5)30-25(34)37-9)15(3)20(26(29,6)7)21(31)23(32)27(13,22)8/h13-14,16-19,21-22,31,35-36H,10-12H2,1-9H3,(H,30,34)/t13?,14?,16?,17?,18?,19?,21?,22?,27-,28?,29?/m1/s1. The molecule has 39 heavy (non-hydrogen) atoms. The molecule has 1 heterocycles. The van der Waals surface area contributed by atoms with Gasteiger partial charge in [-0.05, 0) is 50.2 Å². The van der Waals surface area contributed by atoms with E-state index >= 15 is 0 Å². The summed E-state index contributed by atoms with van der Waals surface area (Å²) < 4.78 is 16.3. The fourth-order valence-electron chi connectivity index (χ4n) is 8.23. The number of aliphatic hydroxyl groups is 3. The van der Waals surface area contributed by atoms with E-state index in [9.17, 15) is 29.7 Å². The van der Waals surface area contributed by atoms with Crippen molar-refractivity contribution < 1.29 is 43.9 Å². The fraction of sp³-hybridized carbons (Fsp3) is 0.828. The van der Waals surface area contributed by atoms with Crippen LogP contribution in [0.4, 0.5) is 4.79 Å². The molecular weight excluding hydrogens is 506 g/mol. The Morgan fingerprint density at radius 1 is 1.15 bits per heavy atom. The van der Waals surface area contributed by atoms with Gasteiger partial charge < -0.3 is 34.8 Å². The second-order valence-corrected chi connectivity index (χ2v) is 13.2. The summed E-state index contributed by atoms with van der Waals surface area (Å²) in [5.74, 6) is -3.25. The van der Waals surface area contributed by atoms with E-state index in [4.69, 9.17) is 9.47 Å². The molecule has 0 spiro atoms. The number of aliphatic hydroxyl groups excluding tert-OH is 1. The highest BCUT2D eigenvalue weighted by Gasteiger charge is 2.73. The highest BCUT2D eigenvalue weighted by molar-refractivity contribution is 5.93. The Morgan fingerprint density at radius 2 is 1.77 bits per heavy atom. The molecule has 3 aliphatic carbocycles. The lowest BCUT2D eigenvalue weighted by Crippen LogP contribution is -2.77. The topological polar surface area (TPSA) is 152 Å². The molecule has 4 aliphatic rings. The number of hydrogen-bond acceptors (Lipinski definition) is 9. The normalized spacial score (nSPS) is 44.5. The maximum atomic E-state index is 14.2. The van der Waals surface area contributed by atoms with Crippen LogP contribution in [0.15, 0.2) is 11.1 Å². The van der Waals surface area contributed by atoms with Gasteiger partial charge in [0.15, 0.2) is 5.78 Å². The summed E-state index contributed by atoms with van der Waals surface area (Å²) in [6.07, 6.45) is -3.09. The fourth-order valence-corrected chi connectivity index (χ4v) is 8.23. The predicted molar refractivity (Wildman–Crippen MR) is 140 cm³/mol. The van der Waals surface area contributed by atoms with E-state index in [-0.39, 0.29) is 18.9 Å². The van der Waals surface area contributed by atoms with Gasteiger partial charge in [0.05, 0.1) is 31.3 Å². The lowest BCUT2D eigenvalue weighted by molar-refractivity contribution is -0.329. The minimum Gasteiger partial charge on any atom is -0.457 e. The van der Waals surface area contributed by atoms with Crippen molar-refractivity contribution in [1.29, 1.82) is 0 Å². The van der Waals surface area contributed by atoms with Crippen molar-refractivity contribution in [2.24, 2.45) is 34.5 Å². The number of esters is 1. The SMILES string of the molecule is COC(=O)NC(C)C(C)C(=O)OC1CC2(O)C(C)C3C4(O)COC4CC(C)[C@@]3(C)C(=O)C(O)C(=C1C)C2(C)C.